The Bertz CT molecular complexity index is 386. The maximum absolute atomic E-state index is 10.8. The fourth-order valence-corrected chi connectivity index (χ4v) is 1.42. The molecule has 174 valence electrons. The van der Waals surface area contributed by atoms with Crippen molar-refractivity contribution >= 4 is 11.8 Å². The van der Waals surface area contributed by atoms with Crippen LogP contribution < -0.4 is 21.3 Å². The van der Waals surface area contributed by atoms with Gasteiger partial charge in [0.2, 0.25) is 11.8 Å². The molecule has 0 spiro atoms. The van der Waals surface area contributed by atoms with Crippen LogP contribution in [0.1, 0.15) is 74.7 Å². The molecule has 0 aromatic rings. The van der Waals surface area contributed by atoms with Crippen LogP contribution in [0, 0.1) is 0 Å². The molecule has 0 fully saturated rings. The molecule has 0 aromatic heterocycles. The van der Waals surface area contributed by atoms with Gasteiger partial charge in [0.1, 0.15) is 0 Å². The van der Waals surface area contributed by atoms with Gasteiger partial charge in [0.15, 0.2) is 0 Å². The number of hydrogen-bond acceptors (Lipinski definition) is 4. The summed E-state index contributed by atoms with van der Waals surface area (Å²) in [6.07, 6.45) is 3.12. The monoisotopic (exact) mass is 414 g/mol. The highest BCUT2D eigenvalue weighted by Crippen LogP contribution is 1.87. The molecular formula is C23H50N4O2. The second kappa shape index (κ2) is 31.0. The van der Waals surface area contributed by atoms with Crippen molar-refractivity contribution in [3.8, 4) is 0 Å². The van der Waals surface area contributed by atoms with Gasteiger partial charge in [0.25, 0.3) is 0 Å². The van der Waals surface area contributed by atoms with Crippen LogP contribution in [0.2, 0.25) is 0 Å². The normalized spacial score (nSPS) is 8.69. The minimum Gasteiger partial charge on any atom is -0.352 e. The van der Waals surface area contributed by atoms with Crippen LogP contribution in [0.25, 0.3) is 0 Å². The minimum atomic E-state index is -0.0446. The Hall–Kier alpha value is -1.66. The van der Waals surface area contributed by atoms with Crippen molar-refractivity contribution in [1.29, 1.82) is 0 Å². The summed E-state index contributed by atoms with van der Waals surface area (Å²) in [6.45, 7) is 28.8. The van der Waals surface area contributed by atoms with Crippen molar-refractivity contribution in [3.05, 3.63) is 24.3 Å². The standard InChI is InChI=1S/C8H15NO.C7H13NO.2C4H11N/c1-4-5-6-9-8(10)7(2)3;1-4-5-8-7(9)6(2)3;2*1-3-5-4-2/h2,4-6H2,1,3H3,(H,9,10);2,4-5H2,1,3H3,(H,8,9);2*5H,3-4H2,1-2H3. The maximum atomic E-state index is 10.8. The first-order valence-electron chi connectivity index (χ1n) is 11.0. The van der Waals surface area contributed by atoms with E-state index in [9.17, 15) is 9.59 Å². The number of hydrogen-bond donors (Lipinski definition) is 4. The van der Waals surface area contributed by atoms with Gasteiger partial charge in [-0.1, -0.05) is 61.1 Å². The van der Waals surface area contributed by atoms with Crippen LogP contribution in [-0.4, -0.2) is 51.1 Å². The second-order valence-corrected chi connectivity index (χ2v) is 6.34. The molecule has 0 aliphatic carbocycles. The zero-order valence-corrected chi connectivity index (χ0v) is 20.6. The van der Waals surface area contributed by atoms with E-state index in [1.54, 1.807) is 13.8 Å². The number of carbonyl (C=O) groups is 2. The molecule has 0 heterocycles. The van der Waals surface area contributed by atoms with Gasteiger partial charge in [-0.25, -0.2) is 0 Å². The lowest BCUT2D eigenvalue weighted by Crippen LogP contribution is -2.24. The number of rotatable bonds is 11. The van der Waals surface area contributed by atoms with Crippen molar-refractivity contribution in [3.63, 3.8) is 0 Å². The van der Waals surface area contributed by atoms with E-state index in [1.165, 1.54) is 0 Å². The van der Waals surface area contributed by atoms with E-state index in [1.807, 2.05) is 6.92 Å². The quantitative estimate of drug-likeness (QED) is 0.306. The largest absolute Gasteiger partial charge is 0.352 e. The number of carbonyl (C=O) groups excluding carboxylic acids is 2. The van der Waals surface area contributed by atoms with E-state index < -0.39 is 0 Å². The lowest BCUT2D eigenvalue weighted by Gasteiger charge is -2.01. The van der Waals surface area contributed by atoms with Gasteiger partial charge in [-0.3, -0.25) is 9.59 Å². The Morgan fingerprint density at radius 1 is 0.621 bits per heavy atom. The summed E-state index contributed by atoms with van der Waals surface area (Å²) in [5.74, 6) is -0.0784. The SMILES string of the molecule is C=C(C)C(=O)NCCC.C=C(C)C(=O)NCCCC.CCNCC.CCNCC. The maximum Gasteiger partial charge on any atom is 0.246 e. The van der Waals surface area contributed by atoms with Crippen LogP contribution in [0.5, 0.6) is 0 Å². The van der Waals surface area contributed by atoms with E-state index in [4.69, 9.17) is 0 Å². The van der Waals surface area contributed by atoms with Gasteiger partial charge in [0.05, 0.1) is 0 Å². The van der Waals surface area contributed by atoms with Crippen LogP contribution in [0.3, 0.4) is 0 Å². The molecule has 4 N–H and O–H groups in total. The van der Waals surface area contributed by atoms with Crippen LogP contribution in [0.4, 0.5) is 0 Å². The third-order valence-electron chi connectivity index (χ3n) is 3.13. The predicted molar refractivity (Wildman–Crippen MR) is 129 cm³/mol. The molecule has 0 rings (SSSR count). The van der Waals surface area contributed by atoms with E-state index in [2.05, 4.69) is 69.0 Å². The molecule has 29 heavy (non-hydrogen) atoms. The lowest BCUT2D eigenvalue weighted by atomic mass is 10.3. The van der Waals surface area contributed by atoms with Gasteiger partial charge in [-0.05, 0) is 52.9 Å². The molecule has 0 saturated carbocycles. The molecular weight excluding hydrogens is 364 g/mol. The summed E-state index contributed by atoms with van der Waals surface area (Å²) in [5.41, 5.74) is 1.15. The summed E-state index contributed by atoms with van der Waals surface area (Å²) in [7, 11) is 0. The second-order valence-electron chi connectivity index (χ2n) is 6.34. The highest BCUT2D eigenvalue weighted by atomic mass is 16.2. The van der Waals surface area contributed by atoms with Crippen LogP contribution >= 0.6 is 0 Å². The fraction of sp³-hybridized carbons (Fsp3) is 0.739. The van der Waals surface area contributed by atoms with E-state index >= 15 is 0 Å². The number of unbranched alkanes of at least 4 members (excludes halogenated alkanes) is 1. The van der Waals surface area contributed by atoms with Crippen LogP contribution in [-0.2, 0) is 9.59 Å². The Morgan fingerprint density at radius 3 is 1.17 bits per heavy atom. The zero-order valence-electron chi connectivity index (χ0n) is 20.6. The van der Waals surface area contributed by atoms with Gasteiger partial charge in [-0.15, -0.1) is 0 Å². The smallest absolute Gasteiger partial charge is 0.246 e. The molecule has 0 aliphatic rings. The van der Waals surface area contributed by atoms with E-state index in [-0.39, 0.29) is 11.8 Å². The highest BCUT2D eigenvalue weighted by molar-refractivity contribution is 5.92. The van der Waals surface area contributed by atoms with Gasteiger partial charge in [-0.2, -0.15) is 0 Å². The predicted octanol–water partition coefficient (Wildman–Crippen LogP) is 3.80. The van der Waals surface area contributed by atoms with Gasteiger partial charge < -0.3 is 21.3 Å². The number of amides is 2. The summed E-state index contributed by atoms with van der Waals surface area (Å²) in [5, 5.41) is 11.7. The summed E-state index contributed by atoms with van der Waals surface area (Å²) < 4.78 is 0. The van der Waals surface area contributed by atoms with Crippen molar-refractivity contribution < 1.29 is 9.59 Å². The van der Waals surface area contributed by atoms with Gasteiger partial charge in [0, 0.05) is 24.2 Å². The highest BCUT2D eigenvalue weighted by Gasteiger charge is 1.97. The summed E-state index contributed by atoms with van der Waals surface area (Å²) in [6, 6.07) is 0. The Kier molecular flexibility index (Phi) is 37.3. The third kappa shape index (κ3) is 41.7. The van der Waals surface area contributed by atoms with Crippen molar-refractivity contribution in [2.45, 2.75) is 74.7 Å². The first-order valence-corrected chi connectivity index (χ1v) is 11.0. The summed E-state index contributed by atoms with van der Waals surface area (Å²) >= 11 is 0. The van der Waals surface area contributed by atoms with E-state index in [0.717, 1.165) is 58.5 Å². The average Bonchev–Trinajstić information content (AvgIpc) is 2.68. The average molecular weight is 415 g/mol. The van der Waals surface area contributed by atoms with Crippen molar-refractivity contribution in [1.82, 2.24) is 21.3 Å². The molecule has 0 atom stereocenters. The first-order chi connectivity index (χ1) is 13.7. The molecule has 6 nitrogen and oxygen atoms in total. The minimum absolute atomic E-state index is 0.0338. The first kappa shape index (κ1) is 34.8. The third-order valence-corrected chi connectivity index (χ3v) is 3.13. The molecule has 0 aromatic carbocycles. The fourth-order valence-electron chi connectivity index (χ4n) is 1.42. The molecule has 0 bridgehead atoms. The zero-order chi connectivity index (χ0) is 23.5. The van der Waals surface area contributed by atoms with Gasteiger partial charge >= 0.3 is 0 Å². The van der Waals surface area contributed by atoms with Crippen molar-refractivity contribution in [2.75, 3.05) is 39.3 Å². The molecule has 0 radical (unpaired) electrons. The molecule has 0 unspecified atom stereocenters. The molecule has 0 saturated heterocycles. The topological polar surface area (TPSA) is 82.3 Å². The van der Waals surface area contributed by atoms with Crippen molar-refractivity contribution in [2.24, 2.45) is 0 Å². The molecule has 6 heteroatoms. The number of nitrogens with one attached hydrogen (secondary N) is 4. The summed E-state index contributed by atoms with van der Waals surface area (Å²) in [4.78, 5) is 21.5. The Labute approximate surface area is 181 Å². The van der Waals surface area contributed by atoms with Crippen LogP contribution in [0.15, 0.2) is 24.3 Å². The Balaban J connectivity index is -0.000000151. The molecule has 2 amide bonds. The Morgan fingerprint density at radius 2 is 0.966 bits per heavy atom. The lowest BCUT2D eigenvalue weighted by molar-refractivity contribution is -0.118. The molecule has 0 aliphatic heterocycles. The van der Waals surface area contributed by atoms with E-state index in [0.29, 0.717) is 11.1 Å².